The Hall–Kier alpha value is -1.15. The van der Waals surface area contributed by atoms with E-state index in [0.717, 1.165) is 23.1 Å². The highest BCUT2D eigenvalue weighted by Crippen LogP contribution is 2.13. The lowest BCUT2D eigenvalue weighted by Crippen LogP contribution is -1.93. The first kappa shape index (κ1) is 14.9. The molecule has 0 amide bonds. The van der Waals surface area contributed by atoms with E-state index < -0.39 is 0 Å². The van der Waals surface area contributed by atoms with Gasteiger partial charge in [0.2, 0.25) is 0 Å². The van der Waals surface area contributed by atoms with Crippen molar-refractivity contribution in [1.29, 1.82) is 0 Å². The van der Waals surface area contributed by atoms with Gasteiger partial charge in [-0.15, -0.1) is 0 Å². The SMILES string of the molecule is CC.Cc1cc(CCc2ccccc2)cc(Br)n1. The normalized spacial score (nSPS) is 9.56. The zero-order valence-corrected chi connectivity index (χ0v) is 12.9. The second-order valence-electron chi connectivity index (χ2n) is 3.93. The van der Waals surface area contributed by atoms with Crippen molar-refractivity contribution in [1.82, 2.24) is 4.98 Å². The van der Waals surface area contributed by atoms with Crippen molar-refractivity contribution in [2.45, 2.75) is 33.6 Å². The smallest absolute Gasteiger partial charge is 0.106 e. The molecule has 0 aliphatic rings. The fraction of sp³-hybridized carbons (Fsp3) is 0.312. The van der Waals surface area contributed by atoms with Crippen molar-refractivity contribution in [3.8, 4) is 0 Å². The van der Waals surface area contributed by atoms with Crippen LogP contribution >= 0.6 is 15.9 Å². The molecule has 0 fully saturated rings. The predicted octanol–water partition coefficient (Wildman–Crippen LogP) is 4.96. The molecule has 0 aliphatic carbocycles. The van der Waals surface area contributed by atoms with Crippen LogP contribution in [0.3, 0.4) is 0 Å². The van der Waals surface area contributed by atoms with E-state index in [2.05, 4.69) is 63.4 Å². The van der Waals surface area contributed by atoms with Crippen LogP contribution in [0, 0.1) is 6.92 Å². The van der Waals surface area contributed by atoms with Gasteiger partial charge in [-0.25, -0.2) is 4.98 Å². The number of hydrogen-bond acceptors (Lipinski definition) is 1. The number of aromatic nitrogens is 1. The van der Waals surface area contributed by atoms with Gasteiger partial charge in [0.1, 0.15) is 4.60 Å². The summed E-state index contributed by atoms with van der Waals surface area (Å²) in [6.45, 7) is 6.02. The lowest BCUT2D eigenvalue weighted by atomic mass is 10.1. The molecule has 0 saturated carbocycles. The Kier molecular flexibility index (Phi) is 6.66. The summed E-state index contributed by atoms with van der Waals surface area (Å²) < 4.78 is 0.926. The van der Waals surface area contributed by atoms with E-state index in [1.807, 2.05) is 20.8 Å². The zero-order chi connectivity index (χ0) is 13.4. The van der Waals surface area contributed by atoms with Crippen molar-refractivity contribution in [3.63, 3.8) is 0 Å². The largest absolute Gasteiger partial charge is 0.246 e. The summed E-state index contributed by atoms with van der Waals surface area (Å²) in [6, 6.07) is 14.8. The Labute approximate surface area is 118 Å². The van der Waals surface area contributed by atoms with Gasteiger partial charge >= 0.3 is 0 Å². The molecule has 1 aromatic heterocycles. The minimum atomic E-state index is 0.926. The van der Waals surface area contributed by atoms with E-state index >= 15 is 0 Å². The highest BCUT2D eigenvalue weighted by Gasteiger charge is 1.99. The second kappa shape index (κ2) is 8.04. The zero-order valence-electron chi connectivity index (χ0n) is 11.3. The number of rotatable bonds is 3. The number of pyridine rings is 1. The Balaban J connectivity index is 0.000000771. The van der Waals surface area contributed by atoms with Gasteiger partial charge in [0, 0.05) is 5.69 Å². The molecule has 1 heterocycles. The molecule has 18 heavy (non-hydrogen) atoms. The van der Waals surface area contributed by atoms with Crippen molar-refractivity contribution in [2.75, 3.05) is 0 Å². The lowest BCUT2D eigenvalue weighted by molar-refractivity contribution is 0.946. The van der Waals surface area contributed by atoms with Gasteiger partial charge in [-0.1, -0.05) is 44.2 Å². The summed E-state index contributed by atoms with van der Waals surface area (Å²) in [6.07, 6.45) is 2.14. The fourth-order valence-electron chi connectivity index (χ4n) is 1.77. The molecule has 2 rings (SSSR count). The maximum atomic E-state index is 4.31. The van der Waals surface area contributed by atoms with Crippen LogP contribution in [0.25, 0.3) is 0 Å². The summed E-state index contributed by atoms with van der Waals surface area (Å²) in [5.41, 5.74) is 3.79. The van der Waals surface area contributed by atoms with Crippen LogP contribution in [-0.4, -0.2) is 4.98 Å². The van der Waals surface area contributed by atoms with E-state index in [1.165, 1.54) is 11.1 Å². The molecule has 0 saturated heterocycles. The third-order valence-corrected chi connectivity index (χ3v) is 2.93. The van der Waals surface area contributed by atoms with E-state index in [9.17, 15) is 0 Å². The maximum absolute atomic E-state index is 4.31. The molecule has 0 spiro atoms. The Bertz CT molecular complexity index is 446. The van der Waals surface area contributed by atoms with Crippen molar-refractivity contribution in [2.24, 2.45) is 0 Å². The van der Waals surface area contributed by atoms with Crippen LogP contribution in [0.5, 0.6) is 0 Å². The first-order chi connectivity index (χ1) is 8.74. The summed E-state index contributed by atoms with van der Waals surface area (Å²) >= 11 is 3.43. The third kappa shape index (κ3) is 5.01. The Morgan fingerprint density at radius 1 is 0.944 bits per heavy atom. The summed E-state index contributed by atoms with van der Waals surface area (Å²) in [5, 5.41) is 0. The van der Waals surface area contributed by atoms with Crippen molar-refractivity contribution >= 4 is 15.9 Å². The van der Waals surface area contributed by atoms with E-state index in [-0.39, 0.29) is 0 Å². The Morgan fingerprint density at radius 2 is 1.56 bits per heavy atom. The molecule has 96 valence electrons. The van der Waals surface area contributed by atoms with Gasteiger partial charge in [-0.2, -0.15) is 0 Å². The van der Waals surface area contributed by atoms with Gasteiger partial charge in [-0.3, -0.25) is 0 Å². The molecule has 2 heteroatoms. The third-order valence-electron chi connectivity index (χ3n) is 2.53. The summed E-state index contributed by atoms with van der Waals surface area (Å²) in [7, 11) is 0. The fourth-order valence-corrected chi connectivity index (χ4v) is 2.35. The second-order valence-corrected chi connectivity index (χ2v) is 4.74. The monoisotopic (exact) mass is 305 g/mol. The van der Waals surface area contributed by atoms with Gasteiger partial charge in [0.15, 0.2) is 0 Å². The molecule has 0 bridgehead atoms. The van der Waals surface area contributed by atoms with Crippen LogP contribution < -0.4 is 0 Å². The molecular formula is C16H20BrN. The summed E-state index contributed by atoms with van der Waals surface area (Å²) in [4.78, 5) is 4.31. The Morgan fingerprint density at radius 3 is 2.17 bits per heavy atom. The quantitative estimate of drug-likeness (QED) is 0.730. The number of benzene rings is 1. The van der Waals surface area contributed by atoms with E-state index in [1.54, 1.807) is 0 Å². The first-order valence-corrected chi connectivity index (χ1v) is 7.20. The maximum Gasteiger partial charge on any atom is 0.106 e. The molecule has 2 aromatic rings. The number of aryl methyl sites for hydroxylation is 3. The van der Waals surface area contributed by atoms with E-state index in [4.69, 9.17) is 0 Å². The number of nitrogens with zero attached hydrogens (tertiary/aromatic N) is 1. The molecule has 0 unspecified atom stereocenters. The van der Waals surface area contributed by atoms with Gasteiger partial charge < -0.3 is 0 Å². The van der Waals surface area contributed by atoms with Gasteiger partial charge in [0.25, 0.3) is 0 Å². The van der Waals surface area contributed by atoms with Crippen LogP contribution in [0.15, 0.2) is 47.1 Å². The topological polar surface area (TPSA) is 12.9 Å². The average molecular weight is 306 g/mol. The highest BCUT2D eigenvalue weighted by atomic mass is 79.9. The van der Waals surface area contributed by atoms with Gasteiger partial charge in [0.05, 0.1) is 0 Å². The number of halogens is 1. The van der Waals surface area contributed by atoms with Crippen molar-refractivity contribution in [3.05, 3.63) is 63.9 Å². The number of hydrogen-bond donors (Lipinski definition) is 0. The van der Waals surface area contributed by atoms with Crippen LogP contribution in [0.4, 0.5) is 0 Å². The minimum absolute atomic E-state index is 0.926. The molecule has 0 aliphatic heterocycles. The van der Waals surface area contributed by atoms with Crippen LogP contribution in [0.2, 0.25) is 0 Å². The predicted molar refractivity (Wildman–Crippen MR) is 81.9 cm³/mol. The lowest BCUT2D eigenvalue weighted by Gasteiger charge is -2.04. The molecule has 0 radical (unpaired) electrons. The van der Waals surface area contributed by atoms with E-state index in [0.29, 0.717) is 0 Å². The molecule has 0 N–H and O–H groups in total. The molecular weight excluding hydrogens is 286 g/mol. The van der Waals surface area contributed by atoms with Crippen molar-refractivity contribution < 1.29 is 0 Å². The molecule has 0 atom stereocenters. The van der Waals surface area contributed by atoms with Crippen LogP contribution in [-0.2, 0) is 12.8 Å². The highest BCUT2D eigenvalue weighted by molar-refractivity contribution is 9.10. The first-order valence-electron chi connectivity index (χ1n) is 6.41. The average Bonchev–Trinajstić information content (AvgIpc) is 2.39. The van der Waals surface area contributed by atoms with Crippen LogP contribution in [0.1, 0.15) is 30.7 Å². The molecule has 1 aromatic carbocycles. The standard InChI is InChI=1S/C14H14BrN.C2H6/c1-11-9-13(10-14(15)16-11)8-7-12-5-3-2-4-6-12;1-2/h2-6,9-10H,7-8H2,1H3;1-2H3. The summed E-state index contributed by atoms with van der Waals surface area (Å²) in [5.74, 6) is 0. The minimum Gasteiger partial charge on any atom is -0.246 e. The van der Waals surface area contributed by atoms with Gasteiger partial charge in [-0.05, 0) is 59.0 Å². The molecule has 1 nitrogen and oxygen atoms in total.